The molecule has 20 heavy (non-hydrogen) atoms. The monoisotopic (exact) mass is 287 g/mol. The predicted octanol–water partition coefficient (Wildman–Crippen LogP) is -1.01. The van der Waals surface area contributed by atoms with Gasteiger partial charge in [-0.05, 0) is 6.07 Å². The van der Waals surface area contributed by atoms with Gasteiger partial charge in [-0.2, -0.15) is 4.98 Å². The smallest absolute Gasteiger partial charge is 0.351 e. The Morgan fingerprint density at radius 3 is 3.00 bits per heavy atom. The summed E-state index contributed by atoms with van der Waals surface area (Å²) >= 11 is 0. The lowest BCUT2D eigenvalue weighted by Gasteiger charge is -2.15. The van der Waals surface area contributed by atoms with Gasteiger partial charge in [0, 0.05) is 13.1 Å². The molecule has 0 amide bonds. The van der Waals surface area contributed by atoms with Crippen LogP contribution in [0.15, 0.2) is 17.1 Å². The number of carbonyl (C=O) groups excluding carboxylic acids is 1. The van der Waals surface area contributed by atoms with E-state index in [1.807, 2.05) is 0 Å². The van der Waals surface area contributed by atoms with Crippen LogP contribution in [0.4, 0.5) is 10.2 Å². The molecule has 1 aromatic heterocycles. The number of halogens is 1. The van der Waals surface area contributed by atoms with E-state index < -0.39 is 36.3 Å². The van der Waals surface area contributed by atoms with Gasteiger partial charge in [0.15, 0.2) is 12.4 Å². The molecule has 1 aliphatic heterocycles. The molecule has 0 aliphatic carbocycles. The van der Waals surface area contributed by atoms with E-state index in [-0.39, 0.29) is 12.4 Å². The number of nitrogens with zero attached hydrogens (tertiary/aromatic N) is 2. The first-order chi connectivity index (χ1) is 9.40. The fourth-order valence-corrected chi connectivity index (χ4v) is 1.88. The lowest BCUT2D eigenvalue weighted by atomic mass is 10.1. The van der Waals surface area contributed by atoms with Crippen molar-refractivity contribution in [1.82, 2.24) is 9.55 Å². The van der Waals surface area contributed by atoms with Crippen molar-refractivity contribution in [2.24, 2.45) is 0 Å². The molecule has 8 nitrogen and oxygen atoms in total. The lowest BCUT2D eigenvalue weighted by Crippen LogP contribution is -2.33. The van der Waals surface area contributed by atoms with Gasteiger partial charge in [0.05, 0.1) is 0 Å². The average molecular weight is 287 g/mol. The van der Waals surface area contributed by atoms with Gasteiger partial charge in [-0.15, -0.1) is 0 Å². The Morgan fingerprint density at radius 1 is 1.70 bits per heavy atom. The van der Waals surface area contributed by atoms with E-state index in [1.165, 1.54) is 19.2 Å². The van der Waals surface area contributed by atoms with Gasteiger partial charge in [-0.3, -0.25) is 9.36 Å². The molecule has 4 atom stereocenters. The molecule has 1 saturated heterocycles. The number of aliphatic hydroxyl groups excluding tert-OH is 1. The van der Waals surface area contributed by atoms with Gasteiger partial charge in [-0.25, -0.2) is 9.18 Å². The van der Waals surface area contributed by atoms with Crippen LogP contribution in [-0.4, -0.2) is 45.6 Å². The highest BCUT2D eigenvalue weighted by Gasteiger charge is 2.46. The number of nitrogens with two attached hydrogens (primary N) is 1. The third kappa shape index (κ3) is 2.78. The third-order valence-electron chi connectivity index (χ3n) is 2.87. The minimum atomic E-state index is -1.85. The summed E-state index contributed by atoms with van der Waals surface area (Å²) < 4.78 is 24.8. The fraction of sp³-hybridized carbons (Fsp3) is 0.545. The number of alkyl halides is 1. The van der Waals surface area contributed by atoms with Crippen LogP contribution in [0.25, 0.3) is 0 Å². The number of anilines is 1. The molecular formula is C11H14FN3O5. The Labute approximate surface area is 112 Å². The fourth-order valence-electron chi connectivity index (χ4n) is 1.88. The van der Waals surface area contributed by atoms with E-state index in [2.05, 4.69) is 9.72 Å². The zero-order valence-electron chi connectivity index (χ0n) is 10.6. The highest BCUT2D eigenvalue weighted by Crippen LogP contribution is 2.31. The van der Waals surface area contributed by atoms with E-state index in [4.69, 9.17) is 10.5 Å². The number of esters is 1. The van der Waals surface area contributed by atoms with Crippen LogP contribution in [0.1, 0.15) is 13.2 Å². The first kappa shape index (κ1) is 14.4. The van der Waals surface area contributed by atoms with Crippen LogP contribution in [0.5, 0.6) is 0 Å². The highest BCUT2D eigenvalue weighted by atomic mass is 19.1. The maximum atomic E-state index is 14.0. The van der Waals surface area contributed by atoms with Crippen LogP contribution in [-0.2, 0) is 14.3 Å². The van der Waals surface area contributed by atoms with Crippen LogP contribution >= 0.6 is 0 Å². The molecule has 110 valence electrons. The Kier molecular flexibility index (Phi) is 4.00. The van der Waals surface area contributed by atoms with Gasteiger partial charge in [0.2, 0.25) is 0 Å². The van der Waals surface area contributed by atoms with Gasteiger partial charge in [0.1, 0.15) is 24.6 Å². The SMILES string of the molecule is CC(=O)OC[C@H]1O[C@@H](n2ccc(N)nc2=O)[C@H](F)[C@@H]1O. The van der Waals surface area contributed by atoms with Crippen molar-refractivity contribution >= 4 is 11.8 Å². The van der Waals surface area contributed by atoms with Crippen molar-refractivity contribution in [2.45, 2.75) is 31.5 Å². The van der Waals surface area contributed by atoms with Gasteiger partial charge in [0.25, 0.3) is 0 Å². The molecule has 0 bridgehead atoms. The van der Waals surface area contributed by atoms with Crippen molar-refractivity contribution in [2.75, 3.05) is 12.3 Å². The molecule has 9 heteroatoms. The maximum absolute atomic E-state index is 14.0. The number of hydrogen-bond acceptors (Lipinski definition) is 7. The molecule has 2 rings (SSSR count). The summed E-state index contributed by atoms with van der Waals surface area (Å²) in [6.45, 7) is 0.880. The second kappa shape index (κ2) is 5.55. The topological polar surface area (TPSA) is 117 Å². The summed E-state index contributed by atoms with van der Waals surface area (Å²) in [5.41, 5.74) is 4.54. The Balaban J connectivity index is 2.17. The number of ether oxygens (including phenoxy) is 2. The summed E-state index contributed by atoms with van der Waals surface area (Å²) in [6.07, 6.45) is -4.53. The summed E-state index contributed by atoms with van der Waals surface area (Å²) in [5.74, 6) is -0.581. The van der Waals surface area contributed by atoms with Gasteiger partial charge in [-0.1, -0.05) is 0 Å². The first-order valence-corrected chi connectivity index (χ1v) is 5.86. The standard InChI is InChI=1S/C11H14FN3O5/c1-5(16)19-4-6-9(17)8(12)10(20-6)15-3-2-7(13)14-11(15)18/h2-3,6,8-10,17H,4H2,1H3,(H2,13,14,18)/t6-,8-,9-,10-/m1/s1. The summed E-state index contributed by atoms with van der Waals surface area (Å²) in [5, 5.41) is 9.70. The Morgan fingerprint density at radius 2 is 2.40 bits per heavy atom. The second-order valence-electron chi connectivity index (χ2n) is 4.34. The first-order valence-electron chi connectivity index (χ1n) is 5.86. The van der Waals surface area contributed by atoms with Gasteiger partial charge < -0.3 is 20.3 Å². The number of carbonyl (C=O) groups is 1. The molecule has 1 fully saturated rings. The molecule has 0 spiro atoms. The van der Waals surface area contributed by atoms with Gasteiger partial charge >= 0.3 is 11.7 Å². The summed E-state index contributed by atoms with van der Waals surface area (Å²) in [4.78, 5) is 25.8. The molecule has 0 radical (unpaired) electrons. The molecule has 0 aromatic carbocycles. The number of aliphatic hydroxyl groups is 1. The van der Waals surface area contributed by atoms with Crippen molar-refractivity contribution in [3.63, 3.8) is 0 Å². The van der Waals surface area contributed by atoms with E-state index in [9.17, 15) is 19.1 Å². The number of aromatic nitrogens is 2. The molecule has 3 N–H and O–H groups in total. The molecule has 2 heterocycles. The molecular weight excluding hydrogens is 273 g/mol. The molecule has 0 saturated carbocycles. The minimum Gasteiger partial charge on any atom is -0.463 e. The Bertz CT molecular complexity index is 563. The summed E-state index contributed by atoms with van der Waals surface area (Å²) in [7, 11) is 0. The van der Waals surface area contributed by atoms with E-state index in [0.29, 0.717) is 0 Å². The normalized spacial score (nSPS) is 29.4. The maximum Gasteiger partial charge on any atom is 0.351 e. The predicted molar refractivity (Wildman–Crippen MR) is 64.4 cm³/mol. The van der Waals surface area contributed by atoms with Crippen molar-refractivity contribution in [1.29, 1.82) is 0 Å². The number of nitrogen functional groups attached to an aromatic ring is 1. The zero-order valence-corrected chi connectivity index (χ0v) is 10.6. The van der Waals surface area contributed by atoms with Crippen molar-refractivity contribution in [3.8, 4) is 0 Å². The van der Waals surface area contributed by atoms with Crippen LogP contribution in [0, 0.1) is 0 Å². The Hall–Kier alpha value is -2.00. The van der Waals surface area contributed by atoms with E-state index >= 15 is 0 Å². The van der Waals surface area contributed by atoms with E-state index in [1.54, 1.807) is 0 Å². The quantitative estimate of drug-likeness (QED) is 0.684. The van der Waals surface area contributed by atoms with Crippen LogP contribution in [0.3, 0.4) is 0 Å². The summed E-state index contributed by atoms with van der Waals surface area (Å²) in [6, 6.07) is 1.31. The van der Waals surface area contributed by atoms with E-state index in [0.717, 1.165) is 4.57 Å². The highest BCUT2D eigenvalue weighted by molar-refractivity contribution is 5.65. The number of rotatable bonds is 3. The third-order valence-corrected chi connectivity index (χ3v) is 2.87. The lowest BCUT2D eigenvalue weighted by molar-refractivity contribution is -0.147. The molecule has 0 unspecified atom stereocenters. The minimum absolute atomic E-state index is 0.00309. The molecule has 1 aromatic rings. The molecule has 1 aliphatic rings. The largest absolute Gasteiger partial charge is 0.463 e. The van der Waals surface area contributed by atoms with Crippen molar-refractivity contribution in [3.05, 3.63) is 22.7 Å². The van der Waals surface area contributed by atoms with Crippen molar-refractivity contribution < 1.29 is 23.8 Å². The number of hydrogen-bond donors (Lipinski definition) is 2. The van der Waals surface area contributed by atoms with Crippen LogP contribution in [0.2, 0.25) is 0 Å². The zero-order chi connectivity index (χ0) is 14.9. The second-order valence-corrected chi connectivity index (χ2v) is 4.34. The average Bonchev–Trinajstić information content (AvgIpc) is 2.64. The van der Waals surface area contributed by atoms with Crippen LogP contribution < -0.4 is 11.4 Å².